The first-order valence-electron chi connectivity index (χ1n) is 5.66. The number of nitrogens with one attached hydrogen (secondary N) is 1. The first-order valence-corrected chi connectivity index (χ1v) is 5.66. The molecule has 0 unspecified atom stereocenters. The summed E-state index contributed by atoms with van der Waals surface area (Å²) in [7, 11) is 0. The van der Waals surface area contributed by atoms with E-state index in [4.69, 9.17) is 5.84 Å². The van der Waals surface area contributed by atoms with Crippen molar-refractivity contribution < 1.29 is 0 Å². The van der Waals surface area contributed by atoms with Gasteiger partial charge in [-0.3, -0.25) is 5.43 Å². The smallest absolute Gasteiger partial charge is 0.237 e. The molecule has 0 amide bonds. The maximum Gasteiger partial charge on any atom is 0.237 e. The van der Waals surface area contributed by atoms with Gasteiger partial charge < -0.3 is 0 Å². The topological polar surface area (TPSA) is 63.8 Å². The summed E-state index contributed by atoms with van der Waals surface area (Å²) in [4.78, 5) is 8.32. The van der Waals surface area contributed by atoms with Crippen LogP contribution in [0.3, 0.4) is 0 Å². The van der Waals surface area contributed by atoms with Crippen LogP contribution < -0.4 is 11.3 Å². The van der Waals surface area contributed by atoms with E-state index in [9.17, 15) is 0 Å². The Morgan fingerprint density at radius 3 is 2.61 bits per heavy atom. The molecule has 0 atom stereocenters. The summed E-state index contributed by atoms with van der Waals surface area (Å²) in [5, 5.41) is 2.41. The van der Waals surface area contributed by atoms with Crippen LogP contribution in [0.15, 0.2) is 54.7 Å². The molecule has 0 aliphatic carbocycles. The second-order valence-electron chi connectivity index (χ2n) is 3.97. The number of rotatable bonds is 2. The van der Waals surface area contributed by atoms with Crippen LogP contribution in [0.4, 0.5) is 5.95 Å². The van der Waals surface area contributed by atoms with E-state index in [1.807, 2.05) is 24.3 Å². The number of nitrogens with zero attached hydrogens (tertiary/aromatic N) is 2. The number of aromatic nitrogens is 2. The second kappa shape index (κ2) is 4.43. The van der Waals surface area contributed by atoms with Gasteiger partial charge in [0.2, 0.25) is 5.95 Å². The van der Waals surface area contributed by atoms with Gasteiger partial charge in [-0.25, -0.2) is 15.8 Å². The summed E-state index contributed by atoms with van der Waals surface area (Å²) in [5.74, 6) is 5.73. The lowest BCUT2D eigenvalue weighted by Gasteiger charge is -2.04. The molecule has 3 aromatic rings. The highest BCUT2D eigenvalue weighted by Crippen LogP contribution is 2.23. The Hall–Kier alpha value is -2.46. The number of hydrazine groups is 1. The summed E-state index contributed by atoms with van der Waals surface area (Å²) in [6.07, 6.45) is 1.69. The Morgan fingerprint density at radius 2 is 1.78 bits per heavy atom. The van der Waals surface area contributed by atoms with E-state index in [2.05, 4.69) is 39.7 Å². The molecule has 18 heavy (non-hydrogen) atoms. The first-order chi connectivity index (χ1) is 8.86. The number of anilines is 1. The lowest BCUT2D eigenvalue weighted by molar-refractivity contribution is 1.12. The minimum Gasteiger partial charge on any atom is -0.292 e. The normalized spacial score (nSPS) is 10.5. The van der Waals surface area contributed by atoms with Gasteiger partial charge in [-0.1, -0.05) is 36.4 Å². The number of benzene rings is 2. The third kappa shape index (κ3) is 1.89. The van der Waals surface area contributed by atoms with E-state index in [-0.39, 0.29) is 0 Å². The van der Waals surface area contributed by atoms with Gasteiger partial charge in [0.05, 0.1) is 5.69 Å². The number of hydrogen-bond acceptors (Lipinski definition) is 4. The lowest BCUT2D eigenvalue weighted by Crippen LogP contribution is -2.10. The average Bonchev–Trinajstić information content (AvgIpc) is 2.47. The summed E-state index contributed by atoms with van der Waals surface area (Å²) in [6.45, 7) is 0. The fourth-order valence-electron chi connectivity index (χ4n) is 1.94. The highest BCUT2D eigenvalue weighted by Gasteiger charge is 2.02. The Morgan fingerprint density at radius 1 is 0.944 bits per heavy atom. The van der Waals surface area contributed by atoms with E-state index in [1.165, 1.54) is 10.8 Å². The first kappa shape index (κ1) is 10.7. The van der Waals surface area contributed by atoms with E-state index >= 15 is 0 Å². The van der Waals surface area contributed by atoms with Crippen molar-refractivity contribution in [3.05, 3.63) is 54.7 Å². The van der Waals surface area contributed by atoms with Crippen LogP contribution in [0.1, 0.15) is 0 Å². The monoisotopic (exact) mass is 236 g/mol. The van der Waals surface area contributed by atoms with Crippen LogP contribution in [-0.2, 0) is 0 Å². The molecule has 0 saturated carbocycles. The molecule has 2 aromatic carbocycles. The van der Waals surface area contributed by atoms with E-state index in [1.54, 1.807) is 6.20 Å². The van der Waals surface area contributed by atoms with E-state index in [0.717, 1.165) is 11.3 Å². The standard InChI is InChI=1S/C14H12N4/c15-18-14-16-8-7-13(17-14)12-6-5-10-3-1-2-4-11(10)9-12/h1-9H,15H2,(H,16,17,18). The van der Waals surface area contributed by atoms with Crippen molar-refractivity contribution in [2.45, 2.75) is 0 Å². The van der Waals surface area contributed by atoms with Gasteiger partial charge in [0, 0.05) is 11.8 Å². The third-order valence-corrected chi connectivity index (χ3v) is 2.83. The van der Waals surface area contributed by atoms with Crippen LogP contribution in [0.25, 0.3) is 22.0 Å². The number of nitrogens with two attached hydrogens (primary N) is 1. The molecular formula is C14H12N4. The summed E-state index contributed by atoms with van der Waals surface area (Å²) < 4.78 is 0. The number of hydrogen-bond donors (Lipinski definition) is 2. The average molecular weight is 236 g/mol. The van der Waals surface area contributed by atoms with Crippen molar-refractivity contribution in [1.29, 1.82) is 0 Å². The van der Waals surface area contributed by atoms with E-state index in [0.29, 0.717) is 5.95 Å². The van der Waals surface area contributed by atoms with Crippen molar-refractivity contribution in [3.8, 4) is 11.3 Å². The molecule has 0 saturated heterocycles. The molecule has 1 aromatic heterocycles. The van der Waals surface area contributed by atoms with Crippen molar-refractivity contribution >= 4 is 16.7 Å². The molecule has 0 aliphatic heterocycles. The molecular weight excluding hydrogens is 224 g/mol. The van der Waals surface area contributed by atoms with Gasteiger partial charge in [-0.05, 0) is 22.9 Å². The third-order valence-electron chi connectivity index (χ3n) is 2.83. The van der Waals surface area contributed by atoms with Crippen molar-refractivity contribution in [3.63, 3.8) is 0 Å². The van der Waals surface area contributed by atoms with Crippen LogP contribution in [0.2, 0.25) is 0 Å². The zero-order valence-electron chi connectivity index (χ0n) is 9.67. The van der Waals surface area contributed by atoms with Crippen LogP contribution in [0, 0.1) is 0 Å². The van der Waals surface area contributed by atoms with E-state index < -0.39 is 0 Å². The minimum absolute atomic E-state index is 0.417. The summed E-state index contributed by atoms with van der Waals surface area (Å²) in [6, 6.07) is 16.3. The predicted octanol–water partition coefficient (Wildman–Crippen LogP) is 2.58. The molecule has 3 rings (SSSR count). The summed E-state index contributed by atoms with van der Waals surface area (Å²) >= 11 is 0. The predicted molar refractivity (Wildman–Crippen MR) is 72.8 cm³/mol. The Bertz CT molecular complexity index is 694. The lowest BCUT2D eigenvalue weighted by atomic mass is 10.1. The second-order valence-corrected chi connectivity index (χ2v) is 3.97. The van der Waals surface area contributed by atoms with Gasteiger partial charge in [-0.2, -0.15) is 0 Å². The molecule has 0 spiro atoms. The molecule has 0 bridgehead atoms. The molecule has 0 radical (unpaired) electrons. The maximum absolute atomic E-state index is 5.31. The van der Waals surface area contributed by atoms with Crippen molar-refractivity contribution in [2.24, 2.45) is 5.84 Å². The zero-order valence-corrected chi connectivity index (χ0v) is 9.67. The minimum atomic E-state index is 0.417. The van der Waals surface area contributed by atoms with Crippen LogP contribution >= 0.6 is 0 Å². The van der Waals surface area contributed by atoms with Crippen LogP contribution in [-0.4, -0.2) is 9.97 Å². The molecule has 1 heterocycles. The summed E-state index contributed by atoms with van der Waals surface area (Å²) in [5.41, 5.74) is 4.35. The molecule has 0 fully saturated rings. The molecule has 88 valence electrons. The zero-order chi connectivity index (χ0) is 12.4. The maximum atomic E-state index is 5.31. The molecule has 3 N–H and O–H groups in total. The van der Waals surface area contributed by atoms with Gasteiger partial charge in [0.1, 0.15) is 0 Å². The fraction of sp³-hybridized carbons (Fsp3) is 0. The highest BCUT2D eigenvalue weighted by molar-refractivity contribution is 5.86. The molecule has 0 aliphatic rings. The quantitative estimate of drug-likeness (QED) is 0.530. The highest BCUT2D eigenvalue weighted by atomic mass is 15.3. The van der Waals surface area contributed by atoms with Crippen molar-refractivity contribution in [2.75, 3.05) is 5.43 Å². The Kier molecular flexibility index (Phi) is 2.63. The largest absolute Gasteiger partial charge is 0.292 e. The van der Waals surface area contributed by atoms with Crippen LogP contribution in [0.5, 0.6) is 0 Å². The Labute approximate surface area is 104 Å². The molecule has 4 nitrogen and oxygen atoms in total. The van der Waals surface area contributed by atoms with Gasteiger partial charge >= 0.3 is 0 Å². The molecule has 4 heteroatoms. The number of nitrogen functional groups attached to an aromatic ring is 1. The van der Waals surface area contributed by atoms with Crippen molar-refractivity contribution in [1.82, 2.24) is 9.97 Å². The van der Waals surface area contributed by atoms with Gasteiger partial charge in [-0.15, -0.1) is 0 Å². The SMILES string of the molecule is NNc1nccc(-c2ccc3ccccc3c2)n1. The van der Waals surface area contributed by atoms with Gasteiger partial charge in [0.25, 0.3) is 0 Å². The van der Waals surface area contributed by atoms with Gasteiger partial charge in [0.15, 0.2) is 0 Å². The fourth-order valence-corrected chi connectivity index (χ4v) is 1.94. The Balaban J connectivity index is 2.13. The number of fused-ring (bicyclic) bond motifs is 1.